The van der Waals surface area contributed by atoms with Gasteiger partial charge in [0.05, 0.1) is 31.1 Å². The molecule has 0 saturated carbocycles. The normalized spacial score (nSPS) is 16.0. The molecule has 3 heterocycles. The zero-order chi connectivity index (χ0) is 21.5. The Kier molecular flexibility index (Phi) is 6.72. The molecule has 3 aromatic rings. The Balaban J connectivity index is 1.29. The van der Waals surface area contributed by atoms with Crippen LogP contribution in [0.15, 0.2) is 61.2 Å². The lowest BCUT2D eigenvalue weighted by molar-refractivity contribution is -0.132. The van der Waals surface area contributed by atoms with Crippen LogP contribution in [0.3, 0.4) is 0 Å². The van der Waals surface area contributed by atoms with Gasteiger partial charge in [-0.25, -0.2) is 4.98 Å². The summed E-state index contributed by atoms with van der Waals surface area (Å²) in [6.45, 7) is 3.90. The standard InChI is InChI=1S/C24H27N5O2/c1-18-5-2-3-7-22(18)31-14-10-24(30)29-13-4-6-19(17-29)21-9-8-20(15-27-21)28-23-16-25-11-12-26-23/h2-3,5,7-9,11-12,15-16,19H,4,6,10,13-14,17H2,1H3,(H,26,28)/t19-/m1/s1. The van der Waals surface area contributed by atoms with Gasteiger partial charge in [0.1, 0.15) is 11.6 Å². The minimum absolute atomic E-state index is 0.138. The number of hydrogen-bond acceptors (Lipinski definition) is 6. The molecule has 1 N–H and O–H groups in total. The smallest absolute Gasteiger partial charge is 0.226 e. The van der Waals surface area contributed by atoms with Gasteiger partial charge in [0.2, 0.25) is 5.91 Å². The second-order valence-electron chi connectivity index (χ2n) is 7.73. The number of anilines is 2. The molecule has 7 nitrogen and oxygen atoms in total. The molecule has 0 aliphatic carbocycles. The fourth-order valence-corrected chi connectivity index (χ4v) is 3.80. The number of carbonyl (C=O) groups is 1. The molecule has 7 heteroatoms. The molecule has 1 aromatic carbocycles. The van der Waals surface area contributed by atoms with Gasteiger partial charge in [-0.15, -0.1) is 0 Å². The predicted octanol–water partition coefficient (Wildman–Crippen LogP) is 4.10. The zero-order valence-corrected chi connectivity index (χ0v) is 17.7. The van der Waals surface area contributed by atoms with E-state index >= 15 is 0 Å². The van der Waals surface area contributed by atoms with E-state index in [-0.39, 0.29) is 11.8 Å². The summed E-state index contributed by atoms with van der Waals surface area (Å²) in [5.74, 6) is 1.91. The maximum Gasteiger partial charge on any atom is 0.226 e. The Morgan fingerprint density at radius 1 is 1.16 bits per heavy atom. The molecular formula is C24H27N5O2. The van der Waals surface area contributed by atoms with Crippen molar-refractivity contribution in [2.24, 2.45) is 0 Å². The molecule has 0 unspecified atom stereocenters. The quantitative estimate of drug-likeness (QED) is 0.623. The van der Waals surface area contributed by atoms with E-state index in [1.165, 1.54) is 0 Å². The first-order chi connectivity index (χ1) is 15.2. The highest BCUT2D eigenvalue weighted by Crippen LogP contribution is 2.27. The van der Waals surface area contributed by atoms with Gasteiger partial charge in [0, 0.05) is 37.1 Å². The summed E-state index contributed by atoms with van der Waals surface area (Å²) in [5, 5.41) is 3.19. The summed E-state index contributed by atoms with van der Waals surface area (Å²) in [4.78, 5) is 27.5. The fourth-order valence-electron chi connectivity index (χ4n) is 3.80. The number of nitrogens with one attached hydrogen (secondary N) is 1. The molecule has 1 fully saturated rings. The van der Waals surface area contributed by atoms with Crippen LogP contribution in [0.4, 0.5) is 11.5 Å². The van der Waals surface area contributed by atoms with Crippen molar-refractivity contribution >= 4 is 17.4 Å². The van der Waals surface area contributed by atoms with E-state index in [0.29, 0.717) is 25.4 Å². The van der Waals surface area contributed by atoms with Crippen molar-refractivity contribution in [2.45, 2.75) is 32.1 Å². The number of carbonyl (C=O) groups excluding carboxylic acids is 1. The Morgan fingerprint density at radius 3 is 2.84 bits per heavy atom. The molecule has 1 amide bonds. The lowest BCUT2D eigenvalue weighted by atomic mass is 9.94. The number of rotatable bonds is 7. The third kappa shape index (κ3) is 5.57. The topological polar surface area (TPSA) is 80.2 Å². The molecule has 0 radical (unpaired) electrons. The zero-order valence-electron chi connectivity index (χ0n) is 17.7. The SMILES string of the molecule is Cc1ccccc1OCCC(=O)N1CCC[C@@H](c2ccc(Nc3cnccn3)cn2)C1. The van der Waals surface area contributed by atoms with Crippen LogP contribution in [0.25, 0.3) is 0 Å². The van der Waals surface area contributed by atoms with Crippen molar-refractivity contribution in [1.29, 1.82) is 0 Å². The first-order valence-corrected chi connectivity index (χ1v) is 10.6. The van der Waals surface area contributed by atoms with Gasteiger partial charge in [0.25, 0.3) is 0 Å². The number of pyridine rings is 1. The summed E-state index contributed by atoms with van der Waals surface area (Å²) in [6, 6.07) is 11.9. The molecule has 0 bridgehead atoms. The second-order valence-corrected chi connectivity index (χ2v) is 7.73. The molecule has 160 valence electrons. The van der Waals surface area contributed by atoms with E-state index in [2.05, 4.69) is 20.3 Å². The summed E-state index contributed by atoms with van der Waals surface area (Å²) in [6.07, 6.45) is 9.16. The number of benzene rings is 1. The number of nitrogens with zero attached hydrogens (tertiary/aromatic N) is 4. The van der Waals surface area contributed by atoms with E-state index in [0.717, 1.165) is 42.1 Å². The summed E-state index contributed by atoms with van der Waals surface area (Å²) in [7, 11) is 0. The average Bonchev–Trinajstić information content (AvgIpc) is 2.81. The highest BCUT2D eigenvalue weighted by atomic mass is 16.5. The molecule has 1 saturated heterocycles. The van der Waals surface area contributed by atoms with Crippen molar-refractivity contribution in [1.82, 2.24) is 19.9 Å². The molecule has 1 aliphatic rings. The van der Waals surface area contributed by atoms with Crippen LogP contribution in [-0.4, -0.2) is 45.5 Å². The van der Waals surface area contributed by atoms with Crippen molar-refractivity contribution in [3.8, 4) is 5.75 Å². The summed E-state index contributed by atoms with van der Waals surface area (Å²) in [5.41, 5.74) is 2.95. The molecule has 4 rings (SSSR count). The van der Waals surface area contributed by atoms with Crippen molar-refractivity contribution in [2.75, 3.05) is 25.0 Å². The third-order valence-corrected chi connectivity index (χ3v) is 5.48. The molecule has 1 atom stereocenters. The maximum absolute atomic E-state index is 12.7. The molecule has 2 aromatic heterocycles. The first kappa shape index (κ1) is 20.8. The largest absolute Gasteiger partial charge is 0.493 e. The number of para-hydroxylation sites is 1. The molecule has 1 aliphatic heterocycles. The fraction of sp³-hybridized carbons (Fsp3) is 0.333. The van der Waals surface area contributed by atoms with Crippen molar-refractivity contribution in [3.05, 3.63) is 72.4 Å². The minimum atomic E-state index is 0.138. The van der Waals surface area contributed by atoms with Crippen LogP contribution >= 0.6 is 0 Å². The Morgan fingerprint density at radius 2 is 2.06 bits per heavy atom. The second kappa shape index (κ2) is 10.0. The molecule has 31 heavy (non-hydrogen) atoms. The highest BCUT2D eigenvalue weighted by Gasteiger charge is 2.25. The number of amides is 1. The Hall–Kier alpha value is -3.48. The number of aromatic nitrogens is 3. The van der Waals surface area contributed by atoms with Gasteiger partial charge < -0.3 is 15.0 Å². The molecule has 0 spiro atoms. The Bertz CT molecular complexity index is 994. The van der Waals surface area contributed by atoms with Gasteiger partial charge in [-0.1, -0.05) is 18.2 Å². The van der Waals surface area contributed by atoms with Crippen LogP contribution in [0.1, 0.15) is 36.4 Å². The van der Waals surface area contributed by atoms with E-state index in [4.69, 9.17) is 4.74 Å². The van der Waals surface area contributed by atoms with Crippen LogP contribution in [0.5, 0.6) is 5.75 Å². The van der Waals surface area contributed by atoms with E-state index in [1.807, 2.05) is 48.2 Å². The van der Waals surface area contributed by atoms with Crippen molar-refractivity contribution < 1.29 is 9.53 Å². The highest BCUT2D eigenvalue weighted by molar-refractivity contribution is 5.76. The van der Waals surface area contributed by atoms with Crippen molar-refractivity contribution in [3.63, 3.8) is 0 Å². The van der Waals surface area contributed by atoms with Gasteiger partial charge >= 0.3 is 0 Å². The number of likely N-dealkylation sites (tertiary alicyclic amines) is 1. The monoisotopic (exact) mass is 417 g/mol. The predicted molar refractivity (Wildman–Crippen MR) is 119 cm³/mol. The van der Waals surface area contributed by atoms with Crippen LogP contribution in [0, 0.1) is 6.92 Å². The van der Waals surface area contributed by atoms with Crippen LogP contribution in [-0.2, 0) is 4.79 Å². The first-order valence-electron chi connectivity index (χ1n) is 10.6. The Labute approximate surface area is 182 Å². The van der Waals surface area contributed by atoms with Gasteiger partial charge in [-0.2, -0.15) is 0 Å². The summed E-state index contributed by atoms with van der Waals surface area (Å²) >= 11 is 0. The lowest BCUT2D eigenvalue weighted by Gasteiger charge is -2.32. The molecular weight excluding hydrogens is 390 g/mol. The van der Waals surface area contributed by atoms with Crippen LogP contribution in [0.2, 0.25) is 0 Å². The number of hydrogen-bond donors (Lipinski definition) is 1. The van der Waals surface area contributed by atoms with Gasteiger partial charge in [-0.05, 0) is 43.5 Å². The van der Waals surface area contributed by atoms with E-state index < -0.39 is 0 Å². The minimum Gasteiger partial charge on any atom is -0.493 e. The number of aryl methyl sites for hydroxylation is 1. The van der Waals surface area contributed by atoms with Crippen LogP contribution < -0.4 is 10.1 Å². The lowest BCUT2D eigenvalue weighted by Crippen LogP contribution is -2.39. The average molecular weight is 418 g/mol. The maximum atomic E-state index is 12.7. The van der Waals surface area contributed by atoms with Gasteiger partial charge in [-0.3, -0.25) is 14.8 Å². The summed E-state index contributed by atoms with van der Waals surface area (Å²) < 4.78 is 5.80. The number of piperidine rings is 1. The van der Waals surface area contributed by atoms with E-state index in [1.54, 1.807) is 24.8 Å². The number of ether oxygens (including phenoxy) is 1. The van der Waals surface area contributed by atoms with Gasteiger partial charge in [0.15, 0.2) is 0 Å². The van der Waals surface area contributed by atoms with E-state index in [9.17, 15) is 4.79 Å². The third-order valence-electron chi connectivity index (χ3n) is 5.48.